The van der Waals surface area contributed by atoms with Crippen LogP contribution < -0.4 is 10.6 Å². The fourth-order valence-electron chi connectivity index (χ4n) is 5.27. The van der Waals surface area contributed by atoms with Crippen LogP contribution in [0.2, 0.25) is 0 Å². The number of hydrogen-bond donors (Lipinski definition) is 3. The summed E-state index contributed by atoms with van der Waals surface area (Å²) in [6, 6.07) is 0.841. The van der Waals surface area contributed by atoms with E-state index in [9.17, 15) is 27.9 Å². The Hall–Kier alpha value is -2.73. The normalized spacial score (nSPS) is 20.5. The van der Waals surface area contributed by atoms with Gasteiger partial charge in [-0.05, 0) is 71.3 Å². The number of aliphatic hydroxyl groups is 1. The second-order valence-electron chi connectivity index (χ2n) is 11.5. The molecule has 2 aromatic heterocycles. The van der Waals surface area contributed by atoms with Gasteiger partial charge < -0.3 is 20.6 Å². The van der Waals surface area contributed by atoms with Crippen molar-refractivity contribution in [1.29, 1.82) is 0 Å². The second-order valence-corrected chi connectivity index (χ2v) is 12.5. The number of rotatable bonds is 10. The van der Waals surface area contributed by atoms with Crippen molar-refractivity contribution in [1.82, 2.24) is 20.2 Å². The number of likely N-dealkylation sites (tertiary alicyclic amines) is 1. The highest BCUT2D eigenvalue weighted by molar-refractivity contribution is 7.17. The maximum Gasteiger partial charge on any atom is 0.417 e. The molecule has 220 valence electrons. The van der Waals surface area contributed by atoms with Gasteiger partial charge in [0.15, 0.2) is 5.01 Å². The zero-order valence-electron chi connectivity index (χ0n) is 23.6. The fraction of sp³-hybridized carbons (Fsp3) is 0.643. The van der Waals surface area contributed by atoms with Gasteiger partial charge in [0, 0.05) is 36.4 Å². The lowest BCUT2D eigenvalue weighted by atomic mass is 10.1. The molecule has 0 spiro atoms. The molecule has 8 nitrogen and oxygen atoms in total. The fourth-order valence-corrected chi connectivity index (χ4v) is 6.27. The van der Waals surface area contributed by atoms with E-state index in [0.29, 0.717) is 12.3 Å². The number of pyridine rings is 1. The van der Waals surface area contributed by atoms with Crippen LogP contribution in [-0.2, 0) is 6.18 Å². The Morgan fingerprint density at radius 3 is 2.48 bits per heavy atom. The van der Waals surface area contributed by atoms with Crippen molar-refractivity contribution in [3.8, 4) is 10.4 Å². The third kappa shape index (κ3) is 6.76. The summed E-state index contributed by atoms with van der Waals surface area (Å²) in [6.45, 7) is 8.78. The predicted molar refractivity (Wildman–Crippen MR) is 148 cm³/mol. The molecule has 3 N–H and O–H groups in total. The predicted octanol–water partition coefficient (Wildman–Crippen LogP) is 5.73. The van der Waals surface area contributed by atoms with Crippen molar-refractivity contribution in [3.63, 3.8) is 0 Å². The van der Waals surface area contributed by atoms with Crippen molar-refractivity contribution in [3.05, 3.63) is 28.5 Å². The Bertz CT molecular complexity index is 1240. The minimum Gasteiger partial charge on any atom is -0.389 e. The van der Waals surface area contributed by atoms with Crippen LogP contribution in [0.4, 0.5) is 19.0 Å². The van der Waals surface area contributed by atoms with Gasteiger partial charge >= 0.3 is 6.18 Å². The van der Waals surface area contributed by atoms with Gasteiger partial charge in [0.25, 0.3) is 11.8 Å². The topological polar surface area (TPSA) is 107 Å². The lowest BCUT2D eigenvalue weighted by Gasteiger charge is -2.27. The summed E-state index contributed by atoms with van der Waals surface area (Å²) in [7, 11) is 0. The van der Waals surface area contributed by atoms with E-state index in [2.05, 4.69) is 20.6 Å². The smallest absolute Gasteiger partial charge is 0.389 e. The monoisotopic (exact) mass is 581 g/mol. The van der Waals surface area contributed by atoms with E-state index in [1.165, 1.54) is 13.8 Å². The van der Waals surface area contributed by atoms with E-state index in [4.69, 9.17) is 0 Å². The second kappa shape index (κ2) is 11.6. The molecule has 40 heavy (non-hydrogen) atoms. The van der Waals surface area contributed by atoms with Gasteiger partial charge in [0.1, 0.15) is 11.5 Å². The summed E-state index contributed by atoms with van der Waals surface area (Å²) in [5.74, 6) is -0.635. The average Bonchev–Trinajstić information content (AvgIpc) is 3.52. The van der Waals surface area contributed by atoms with Crippen molar-refractivity contribution < 1.29 is 27.9 Å². The van der Waals surface area contributed by atoms with Crippen molar-refractivity contribution >= 4 is 29.0 Å². The molecule has 2 amide bonds. The molecule has 1 aliphatic heterocycles. The Labute approximate surface area is 236 Å². The van der Waals surface area contributed by atoms with Gasteiger partial charge in [0.2, 0.25) is 0 Å². The number of carbonyl (C=O) groups excluding carboxylic acids is 2. The number of hydrogen-bond acceptors (Lipinski definition) is 7. The number of alkyl halides is 3. The molecule has 2 fully saturated rings. The van der Waals surface area contributed by atoms with E-state index in [-0.39, 0.29) is 51.6 Å². The van der Waals surface area contributed by atoms with Gasteiger partial charge in [-0.15, -0.1) is 11.3 Å². The zero-order chi connectivity index (χ0) is 29.4. The first-order valence-corrected chi connectivity index (χ1v) is 14.7. The molecular weight excluding hydrogens is 543 g/mol. The first-order chi connectivity index (χ1) is 18.7. The molecule has 1 aliphatic carbocycles. The molecule has 3 unspecified atom stereocenters. The van der Waals surface area contributed by atoms with Crippen molar-refractivity contribution in [2.45, 2.75) is 103 Å². The quantitative estimate of drug-likeness (QED) is 0.331. The lowest BCUT2D eigenvalue weighted by molar-refractivity contribution is -0.137. The number of aromatic nitrogens is 2. The molecule has 2 aliphatic rings. The first kappa shape index (κ1) is 30.2. The number of halogens is 3. The highest BCUT2D eigenvalue weighted by Gasteiger charge is 2.40. The minimum absolute atomic E-state index is 0.0358. The molecule has 0 bridgehead atoms. The number of thiazole rings is 1. The van der Waals surface area contributed by atoms with E-state index >= 15 is 0 Å². The number of nitrogens with zero attached hydrogens (tertiary/aromatic N) is 3. The first-order valence-electron chi connectivity index (χ1n) is 13.9. The molecule has 0 radical (unpaired) electrons. The van der Waals surface area contributed by atoms with Gasteiger partial charge in [-0.2, -0.15) is 13.2 Å². The zero-order valence-corrected chi connectivity index (χ0v) is 24.4. The molecule has 4 rings (SSSR count). The summed E-state index contributed by atoms with van der Waals surface area (Å²) in [6.07, 6.45) is 1.48. The van der Waals surface area contributed by atoms with E-state index in [0.717, 1.165) is 55.7 Å². The van der Waals surface area contributed by atoms with Crippen LogP contribution >= 0.6 is 11.3 Å². The number of amides is 2. The summed E-state index contributed by atoms with van der Waals surface area (Å²) in [5, 5.41) is 15.6. The minimum atomic E-state index is -4.74. The summed E-state index contributed by atoms with van der Waals surface area (Å²) in [5.41, 5.74) is -2.64. The molecule has 1 saturated carbocycles. The van der Waals surface area contributed by atoms with Crippen LogP contribution in [0, 0.1) is 5.92 Å². The van der Waals surface area contributed by atoms with Gasteiger partial charge in [-0.25, -0.2) is 9.97 Å². The summed E-state index contributed by atoms with van der Waals surface area (Å²) >= 11 is 0.725. The highest BCUT2D eigenvalue weighted by Crippen LogP contribution is 2.43. The number of carbonyl (C=O) groups is 2. The highest BCUT2D eigenvalue weighted by atomic mass is 32.1. The van der Waals surface area contributed by atoms with Gasteiger partial charge in [0.05, 0.1) is 16.0 Å². The van der Waals surface area contributed by atoms with Crippen LogP contribution in [0.1, 0.15) is 99.0 Å². The Morgan fingerprint density at radius 1 is 1.20 bits per heavy atom. The van der Waals surface area contributed by atoms with Gasteiger partial charge in [-0.3, -0.25) is 9.59 Å². The summed E-state index contributed by atoms with van der Waals surface area (Å²) < 4.78 is 43.4. The molecular formula is C28H38F3N5O3S. The van der Waals surface area contributed by atoms with E-state index in [1.54, 1.807) is 4.90 Å². The molecule has 12 heteroatoms. The third-order valence-electron chi connectivity index (χ3n) is 7.62. The molecule has 1 saturated heterocycles. The van der Waals surface area contributed by atoms with Crippen LogP contribution in [-0.4, -0.2) is 62.1 Å². The largest absolute Gasteiger partial charge is 0.417 e. The molecule has 2 aromatic rings. The number of nitrogens with one attached hydrogen (secondary N) is 2. The van der Waals surface area contributed by atoms with Gasteiger partial charge in [-0.1, -0.05) is 13.8 Å². The van der Waals surface area contributed by atoms with Crippen LogP contribution in [0.3, 0.4) is 0 Å². The SMILES string of the molecule is CCC(Nc1cc(C(F)(F)F)c(-c2sc(C(=O)NCC(C)(C)O)nc2C(=O)N2C(C)CCC2CC)cn1)C1CC1. The standard InChI is InChI=1S/C28H38F3N5O3S/c1-6-17-11-8-15(3)36(17)26(38)22-23(40-25(35-22)24(37)33-14-27(4,5)39)18-13-32-21(12-19(18)28(29,30)31)34-20(7-2)16-9-10-16/h12-13,15-17,20,39H,6-11,14H2,1-5H3,(H,32,34)(H,33,37). The molecule has 3 atom stereocenters. The van der Waals surface area contributed by atoms with E-state index < -0.39 is 29.2 Å². The third-order valence-corrected chi connectivity index (χ3v) is 8.70. The lowest BCUT2D eigenvalue weighted by Crippen LogP contribution is -2.40. The van der Waals surface area contributed by atoms with Crippen LogP contribution in [0.5, 0.6) is 0 Å². The Morgan fingerprint density at radius 2 is 1.90 bits per heavy atom. The van der Waals surface area contributed by atoms with E-state index in [1.807, 2.05) is 20.8 Å². The van der Waals surface area contributed by atoms with Crippen molar-refractivity contribution in [2.75, 3.05) is 11.9 Å². The van der Waals surface area contributed by atoms with Crippen molar-refractivity contribution in [2.24, 2.45) is 5.92 Å². The maximum atomic E-state index is 14.5. The Balaban J connectivity index is 1.79. The number of anilines is 1. The molecule has 3 heterocycles. The molecule has 0 aromatic carbocycles. The Kier molecular flexibility index (Phi) is 8.79. The average molecular weight is 582 g/mol. The van der Waals surface area contributed by atoms with Crippen LogP contribution in [0.15, 0.2) is 12.3 Å². The summed E-state index contributed by atoms with van der Waals surface area (Å²) in [4.78, 5) is 37.0. The van der Waals surface area contributed by atoms with Crippen LogP contribution in [0.25, 0.3) is 10.4 Å². The maximum absolute atomic E-state index is 14.5.